The van der Waals surface area contributed by atoms with Crippen LogP contribution >= 0.6 is 11.6 Å². The van der Waals surface area contributed by atoms with Gasteiger partial charge in [-0.3, -0.25) is 9.59 Å². The van der Waals surface area contributed by atoms with E-state index < -0.39 is 0 Å². The number of hydrogen-bond donors (Lipinski definition) is 1. The Morgan fingerprint density at radius 3 is 2.71 bits per heavy atom. The molecule has 1 atom stereocenters. The topological polar surface area (TPSA) is 49.4 Å². The molecule has 0 spiro atoms. The second-order valence-electron chi connectivity index (χ2n) is 6.11. The second-order valence-corrected chi connectivity index (χ2v) is 6.52. The van der Waals surface area contributed by atoms with Gasteiger partial charge in [0, 0.05) is 30.2 Å². The molecule has 2 aromatic rings. The molecule has 1 fully saturated rings. The number of carbonyl (C=O) groups is 2. The first-order chi connectivity index (χ1) is 11.5. The summed E-state index contributed by atoms with van der Waals surface area (Å²) in [6.45, 7) is 2.89. The van der Waals surface area contributed by atoms with Gasteiger partial charge < -0.3 is 10.2 Å². The van der Waals surface area contributed by atoms with Crippen LogP contribution in [0.2, 0.25) is 5.02 Å². The van der Waals surface area contributed by atoms with Gasteiger partial charge in [-0.1, -0.05) is 48.0 Å². The highest BCUT2D eigenvalue weighted by atomic mass is 35.5. The number of likely N-dealkylation sites (tertiary alicyclic amines) is 1. The number of aryl methyl sites for hydroxylation is 1. The van der Waals surface area contributed by atoms with Crippen molar-refractivity contribution in [3.05, 3.63) is 64.7 Å². The van der Waals surface area contributed by atoms with Gasteiger partial charge in [-0.05, 0) is 30.2 Å². The smallest absolute Gasteiger partial charge is 0.229 e. The van der Waals surface area contributed by atoms with Crippen molar-refractivity contribution in [2.45, 2.75) is 19.9 Å². The van der Waals surface area contributed by atoms with Crippen LogP contribution in [-0.2, 0) is 16.1 Å². The lowest BCUT2D eigenvalue weighted by Crippen LogP contribution is -2.28. The minimum absolute atomic E-state index is 0.0148. The number of carbonyl (C=O) groups excluding carboxylic acids is 2. The van der Waals surface area contributed by atoms with Crippen LogP contribution in [0.3, 0.4) is 0 Å². The van der Waals surface area contributed by atoms with Gasteiger partial charge in [-0.2, -0.15) is 0 Å². The molecular weight excluding hydrogens is 324 g/mol. The quantitative estimate of drug-likeness (QED) is 0.922. The molecular formula is C19H19ClN2O2. The van der Waals surface area contributed by atoms with Crippen molar-refractivity contribution >= 4 is 29.1 Å². The Bertz CT molecular complexity index is 761. The largest absolute Gasteiger partial charge is 0.338 e. The molecule has 4 nitrogen and oxygen atoms in total. The fourth-order valence-electron chi connectivity index (χ4n) is 2.82. The van der Waals surface area contributed by atoms with Crippen molar-refractivity contribution in [1.29, 1.82) is 0 Å². The minimum Gasteiger partial charge on any atom is -0.338 e. The summed E-state index contributed by atoms with van der Waals surface area (Å²) in [5.74, 6) is -0.457. The molecule has 2 amide bonds. The number of nitrogens with zero attached hydrogens (tertiary/aromatic N) is 1. The third-order valence-electron chi connectivity index (χ3n) is 4.24. The minimum atomic E-state index is -0.332. The van der Waals surface area contributed by atoms with E-state index >= 15 is 0 Å². The maximum atomic E-state index is 12.4. The average Bonchev–Trinajstić information content (AvgIpc) is 2.93. The Balaban J connectivity index is 1.62. The molecule has 2 aromatic carbocycles. The summed E-state index contributed by atoms with van der Waals surface area (Å²) in [6.07, 6.45) is 0.248. The molecule has 0 aromatic heterocycles. The van der Waals surface area contributed by atoms with Crippen LogP contribution < -0.4 is 5.32 Å². The predicted octanol–water partition coefficient (Wildman–Crippen LogP) is 3.64. The fraction of sp³-hybridized carbons (Fsp3) is 0.263. The summed E-state index contributed by atoms with van der Waals surface area (Å²) in [5, 5.41) is 3.47. The van der Waals surface area contributed by atoms with Gasteiger partial charge in [-0.15, -0.1) is 0 Å². The zero-order valence-corrected chi connectivity index (χ0v) is 14.2. The van der Waals surface area contributed by atoms with E-state index in [1.54, 1.807) is 11.0 Å². The Labute approximate surface area is 146 Å². The average molecular weight is 343 g/mol. The predicted molar refractivity (Wildman–Crippen MR) is 94.8 cm³/mol. The number of halogens is 1. The molecule has 1 aliphatic rings. The van der Waals surface area contributed by atoms with E-state index in [9.17, 15) is 9.59 Å². The van der Waals surface area contributed by atoms with Gasteiger partial charge in [0.25, 0.3) is 0 Å². The van der Waals surface area contributed by atoms with Crippen molar-refractivity contribution in [2.24, 2.45) is 5.92 Å². The van der Waals surface area contributed by atoms with Crippen molar-refractivity contribution in [3.8, 4) is 0 Å². The van der Waals surface area contributed by atoms with Crippen LogP contribution in [-0.4, -0.2) is 23.3 Å². The van der Waals surface area contributed by atoms with Gasteiger partial charge in [-0.25, -0.2) is 0 Å². The maximum Gasteiger partial charge on any atom is 0.229 e. The third-order valence-corrected chi connectivity index (χ3v) is 4.65. The van der Waals surface area contributed by atoms with Crippen molar-refractivity contribution in [2.75, 3.05) is 11.9 Å². The van der Waals surface area contributed by atoms with Gasteiger partial charge >= 0.3 is 0 Å². The normalized spacial score (nSPS) is 17.2. The summed E-state index contributed by atoms with van der Waals surface area (Å²) < 4.78 is 0. The van der Waals surface area contributed by atoms with Crippen LogP contribution in [0.5, 0.6) is 0 Å². The van der Waals surface area contributed by atoms with E-state index in [0.717, 1.165) is 11.1 Å². The Kier molecular flexibility index (Phi) is 4.86. The molecule has 0 unspecified atom stereocenters. The Morgan fingerprint density at radius 1 is 1.25 bits per heavy atom. The number of amides is 2. The summed E-state index contributed by atoms with van der Waals surface area (Å²) in [4.78, 5) is 26.3. The highest BCUT2D eigenvalue weighted by molar-refractivity contribution is 6.31. The zero-order chi connectivity index (χ0) is 17.1. The molecule has 0 saturated carbocycles. The van der Waals surface area contributed by atoms with Crippen molar-refractivity contribution in [1.82, 2.24) is 4.90 Å². The van der Waals surface area contributed by atoms with Gasteiger partial charge in [0.15, 0.2) is 0 Å². The molecule has 1 heterocycles. The molecule has 0 radical (unpaired) electrons. The lowest BCUT2D eigenvalue weighted by atomic mass is 10.1. The lowest BCUT2D eigenvalue weighted by Gasteiger charge is -2.16. The number of benzene rings is 2. The molecule has 5 heteroatoms. The summed E-state index contributed by atoms with van der Waals surface area (Å²) in [7, 11) is 0. The number of rotatable bonds is 4. The number of anilines is 1. The second kappa shape index (κ2) is 7.05. The Hall–Kier alpha value is -2.33. The van der Waals surface area contributed by atoms with E-state index in [4.69, 9.17) is 11.6 Å². The molecule has 3 rings (SSSR count). The highest BCUT2D eigenvalue weighted by Crippen LogP contribution is 2.24. The first-order valence-electron chi connectivity index (χ1n) is 7.91. The molecule has 24 heavy (non-hydrogen) atoms. The molecule has 1 aliphatic heterocycles. The van der Waals surface area contributed by atoms with Crippen LogP contribution in [0.15, 0.2) is 48.5 Å². The zero-order valence-electron chi connectivity index (χ0n) is 13.5. The lowest BCUT2D eigenvalue weighted by molar-refractivity contribution is -0.128. The van der Waals surface area contributed by atoms with Crippen molar-refractivity contribution < 1.29 is 9.59 Å². The SMILES string of the molecule is Cc1ccc(NC(=O)[C@@H]2CC(=O)N(Cc3ccccc3)C2)cc1Cl. The van der Waals surface area contributed by atoms with Gasteiger partial charge in [0.05, 0.1) is 5.92 Å². The van der Waals surface area contributed by atoms with Crippen LogP contribution in [0.1, 0.15) is 17.5 Å². The molecule has 0 bridgehead atoms. The van der Waals surface area contributed by atoms with E-state index in [2.05, 4.69) is 5.32 Å². The van der Waals surface area contributed by atoms with E-state index in [1.807, 2.05) is 49.4 Å². The van der Waals surface area contributed by atoms with Crippen LogP contribution in [0.4, 0.5) is 5.69 Å². The first-order valence-corrected chi connectivity index (χ1v) is 8.29. The maximum absolute atomic E-state index is 12.4. The van der Waals surface area contributed by atoms with Gasteiger partial charge in [0.2, 0.25) is 11.8 Å². The fourth-order valence-corrected chi connectivity index (χ4v) is 3.00. The highest BCUT2D eigenvalue weighted by Gasteiger charge is 2.34. The molecule has 0 aliphatic carbocycles. The van der Waals surface area contributed by atoms with Crippen LogP contribution in [0.25, 0.3) is 0 Å². The van der Waals surface area contributed by atoms with E-state index in [0.29, 0.717) is 23.8 Å². The van der Waals surface area contributed by atoms with Crippen LogP contribution in [0, 0.1) is 12.8 Å². The first kappa shape index (κ1) is 16.5. The summed E-state index contributed by atoms with van der Waals surface area (Å²) >= 11 is 6.08. The van der Waals surface area contributed by atoms with E-state index in [-0.39, 0.29) is 24.2 Å². The third kappa shape index (κ3) is 3.77. The standard InChI is InChI=1S/C19H19ClN2O2/c1-13-7-8-16(10-17(13)20)21-19(24)15-9-18(23)22(12-15)11-14-5-3-2-4-6-14/h2-8,10,15H,9,11-12H2,1H3,(H,21,24)/t15-/m1/s1. The number of nitrogens with one attached hydrogen (secondary N) is 1. The molecule has 124 valence electrons. The molecule has 1 N–H and O–H groups in total. The monoisotopic (exact) mass is 342 g/mol. The molecule has 1 saturated heterocycles. The van der Waals surface area contributed by atoms with Crippen molar-refractivity contribution in [3.63, 3.8) is 0 Å². The summed E-state index contributed by atoms with van der Waals surface area (Å²) in [5.41, 5.74) is 2.68. The van der Waals surface area contributed by atoms with Gasteiger partial charge in [0.1, 0.15) is 0 Å². The summed E-state index contributed by atoms with van der Waals surface area (Å²) in [6, 6.07) is 15.2. The number of hydrogen-bond acceptors (Lipinski definition) is 2. The Morgan fingerprint density at radius 2 is 2.00 bits per heavy atom. The van der Waals surface area contributed by atoms with E-state index in [1.165, 1.54) is 0 Å².